The predicted molar refractivity (Wildman–Crippen MR) is 150 cm³/mol. The third kappa shape index (κ3) is 5.78. The molecule has 2 amide bonds. The molecule has 4 rings (SSSR count). The van der Waals surface area contributed by atoms with Crippen LogP contribution in [0.25, 0.3) is 6.08 Å². The number of carbonyl (C=O) groups is 2. The van der Waals surface area contributed by atoms with Crippen LogP contribution in [-0.4, -0.2) is 29.9 Å². The highest BCUT2D eigenvalue weighted by molar-refractivity contribution is 8.27. The van der Waals surface area contributed by atoms with Crippen LogP contribution >= 0.6 is 24.0 Å². The van der Waals surface area contributed by atoms with Crippen LogP contribution < -0.4 is 19.7 Å². The number of amides is 2. The first-order chi connectivity index (χ1) is 17.2. The van der Waals surface area contributed by atoms with Crippen LogP contribution in [0, 0.1) is 20.8 Å². The van der Waals surface area contributed by atoms with Crippen molar-refractivity contribution >= 4 is 57.6 Å². The minimum absolute atomic E-state index is 0.168. The van der Waals surface area contributed by atoms with E-state index in [1.54, 1.807) is 24.3 Å². The Morgan fingerprint density at radius 3 is 2.42 bits per heavy atom. The first kappa shape index (κ1) is 25.5. The monoisotopic (exact) mass is 518 g/mol. The maximum absolute atomic E-state index is 13.0. The van der Waals surface area contributed by atoms with Crippen molar-refractivity contribution in [2.45, 2.75) is 20.8 Å². The molecular formula is C28H26N2O4S2. The van der Waals surface area contributed by atoms with Gasteiger partial charge in [0.05, 0.1) is 17.7 Å². The van der Waals surface area contributed by atoms with Crippen LogP contribution in [0.5, 0.6) is 11.5 Å². The molecule has 0 aliphatic carbocycles. The molecule has 1 aliphatic heterocycles. The number of thiocarbonyl (C=S) groups is 1. The molecule has 6 nitrogen and oxygen atoms in total. The number of nitrogens with one attached hydrogen (secondary N) is 1. The summed E-state index contributed by atoms with van der Waals surface area (Å²) >= 11 is 6.71. The molecule has 3 aromatic carbocycles. The van der Waals surface area contributed by atoms with E-state index in [1.807, 2.05) is 63.2 Å². The fourth-order valence-electron chi connectivity index (χ4n) is 3.71. The second-order valence-corrected chi connectivity index (χ2v) is 10.1. The maximum Gasteiger partial charge on any atom is 0.270 e. The van der Waals surface area contributed by atoms with Gasteiger partial charge in [0, 0.05) is 5.69 Å². The normalized spacial score (nSPS) is 14.3. The zero-order chi connectivity index (χ0) is 25.8. The molecule has 0 atom stereocenters. The lowest BCUT2D eigenvalue weighted by Crippen LogP contribution is -2.27. The van der Waals surface area contributed by atoms with E-state index in [4.69, 9.17) is 21.7 Å². The van der Waals surface area contributed by atoms with E-state index in [-0.39, 0.29) is 18.4 Å². The number of ether oxygens (including phenoxy) is 2. The molecule has 0 aromatic heterocycles. The third-order valence-corrected chi connectivity index (χ3v) is 6.89. The van der Waals surface area contributed by atoms with Gasteiger partial charge in [-0.05, 0) is 68.3 Å². The Morgan fingerprint density at radius 2 is 1.72 bits per heavy atom. The average molecular weight is 519 g/mol. The van der Waals surface area contributed by atoms with Gasteiger partial charge >= 0.3 is 0 Å². The lowest BCUT2D eigenvalue weighted by atomic mass is 10.1. The molecule has 1 N–H and O–H groups in total. The van der Waals surface area contributed by atoms with Crippen molar-refractivity contribution in [3.8, 4) is 11.5 Å². The number of hydrogen-bond acceptors (Lipinski definition) is 6. The topological polar surface area (TPSA) is 67.9 Å². The summed E-state index contributed by atoms with van der Waals surface area (Å²) in [7, 11) is 1.53. The summed E-state index contributed by atoms with van der Waals surface area (Å²) in [6.45, 7) is 5.77. The molecule has 184 valence electrons. The minimum atomic E-state index is -0.270. The van der Waals surface area contributed by atoms with E-state index in [0.717, 1.165) is 33.6 Å². The molecule has 1 fully saturated rings. The first-order valence-electron chi connectivity index (χ1n) is 11.3. The van der Waals surface area contributed by atoms with Crippen LogP contribution in [0.3, 0.4) is 0 Å². The smallest absolute Gasteiger partial charge is 0.270 e. The van der Waals surface area contributed by atoms with Crippen LogP contribution in [0.1, 0.15) is 22.3 Å². The Morgan fingerprint density at radius 1 is 1.00 bits per heavy atom. The number of aryl methyl sites for hydroxylation is 3. The molecule has 0 bridgehead atoms. The quantitative estimate of drug-likeness (QED) is 0.304. The molecular weight excluding hydrogens is 492 g/mol. The Hall–Kier alpha value is -3.62. The summed E-state index contributed by atoms with van der Waals surface area (Å²) in [6.07, 6.45) is 1.77. The lowest BCUT2D eigenvalue weighted by Gasteiger charge is -2.14. The SMILES string of the molecule is COc1cc(/C=C2\SC(=S)N(c3ccc(C)cc3)C2=O)ccc1OCC(=O)Nc1ccc(C)cc1C. The van der Waals surface area contributed by atoms with E-state index in [0.29, 0.717) is 20.7 Å². The fourth-order valence-corrected chi connectivity index (χ4v) is 5.01. The molecule has 0 spiro atoms. The van der Waals surface area contributed by atoms with Crippen molar-refractivity contribution in [3.63, 3.8) is 0 Å². The molecule has 1 saturated heterocycles. The van der Waals surface area contributed by atoms with E-state index < -0.39 is 0 Å². The standard InChI is InChI=1S/C28H26N2O4S2/c1-17-5-9-21(10-6-17)30-27(32)25(36-28(30)35)15-20-8-12-23(24(14-20)33-4)34-16-26(31)29-22-11-7-18(2)13-19(22)3/h5-15H,16H2,1-4H3,(H,29,31)/b25-15-. The minimum Gasteiger partial charge on any atom is -0.493 e. The van der Waals surface area contributed by atoms with Crippen molar-refractivity contribution in [1.29, 1.82) is 0 Å². The summed E-state index contributed by atoms with van der Waals surface area (Å²) in [6, 6.07) is 18.8. The summed E-state index contributed by atoms with van der Waals surface area (Å²) in [5, 5.41) is 2.86. The van der Waals surface area contributed by atoms with E-state index >= 15 is 0 Å². The molecule has 36 heavy (non-hydrogen) atoms. The summed E-state index contributed by atoms with van der Waals surface area (Å²) < 4.78 is 11.7. The zero-order valence-electron chi connectivity index (χ0n) is 20.5. The van der Waals surface area contributed by atoms with Crippen LogP contribution in [0.15, 0.2) is 65.6 Å². The number of anilines is 2. The van der Waals surface area contributed by atoms with Gasteiger partial charge in [-0.1, -0.05) is 65.4 Å². The lowest BCUT2D eigenvalue weighted by molar-refractivity contribution is -0.118. The van der Waals surface area contributed by atoms with Crippen molar-refractivity contribution < 1.29 is 19.1 Å². The van der Waals surface area contributed by atoms with Crippen molar-refractivity contribution in [1.82, 2.24) is 0 Å². The molecule has 3 aromatic rings. The molecule has 8 heteroatoms. The highest BCUT2D eigenvalue weighted by Crippen LogP contribution is 2.37. The fraction of sp³-hybridized carbons (Fsp3) is 0.179. The number of carbonyl (C=O) groups excluding carboxylic acids is 2. The molecule has 0 unspecified atom stereocenters. The highest BCUT2D eigenvalue weighted by atomic mass is 32.2. The molecule has 0 radical (unpaired) electrons. The van der Waals surface area contributed by atoms with Gasteiger partial charge in [-0.25, -0.2) is 0 Å². The van der Waals surface area contributed by atoms with Gasteiger partial charge in [-0.15, -0.1) is 0 Å². The maximum atomic E-state index is 13.0. The van der Waals surface area contributed by atoms with Gasteiger partial charge in [0.15, 0.2) is 22.4 Å². The second kappa shape index (κ2) is 11.0. The van der Waals surface area contributed by atoms with Gasteiger partial charge in [0.2, 0.25) is 0 Å². The number of methoxy groups -OCH3 is 1. The molecule has 0 saturated carbocycles. The van der Waals surface area contributed by atoms with Crippen LogP contribution in [0.2, 0.25) is 0 Å². The van der Waals surface area contributed by atoms with Crippen molar-refractivity contribution in [3.05, 3.63) is 87.8 Å². The third-order valence-electron chi connectivity index (χ3n) is 5.59. The number of hydrogen-bond donors (Lipinski definition) is 1. The average Bonchev–Trinajstić information content (AvgIpc) is 3.13. The Kier molecular flexibility index (Phi) is 7.76. The highest BCUT2D eigenvalue weighted by Gasteiger charge is 2.33. The second-order valence-electron chi connectivity index (χ2n) is 8.42. The van der Waals surface area contributed by atoms with Crippen molar-refractivity contribution in [2.24, 2.45) is 0 Å². The first-order valence-corrected chi connectivity index (χ1v) is 12.5. The van der Waals surface area contributed by atoms with Gasteiger partial charge in [0.25, 0.3) is 11.8 Å². The number of nitrogens with zero attached hydrogens (tertiary/aromatic N) is 1. The number of thioether (sulfide) groups is 1. The van der Waals surface area contributed by atoms with E-state index in [1.165, 1.54) is 23.8 Å². The predicted octanol–water partition coefficient (Wildman–Crippen LogP) is 6.04. The Bertz CT molecular complexity index is 1370. The zero-order valence-corrected chi connectivity index (χ0v) is 22.1. The largest absolute Gasteiger partial charge is 0.493 e. The van der Waals surface area contributed by atoms with Gasteiger partial charge in [-0.2, -0.15) is 0 Å². The Labute approximate surface area is 220 Å². The number of benzene rings is 3. The van der Waals surface area contributed by atoms with E-state index in [9.17, 15) is 9.59 Å². The van der Waals surface area contributed by atoms with Gasteiger partial charge in [-0.3, -0.25) is 14.5 Å². The number of rotatable bonds is 7. The summed E-state index contributed by atoms with van der Waals surface area (Å²) in [5.74, 6) is 0.443. The molecule has 1 heterocycles. The van der Waals surface area contributed by atoms with Crippen LogP contribution in [-0.2, 0) is 9.59 Å². The Balaban J connectivity index is 1.45. The summed E-state index contributed by atoms with van der Waals surface area (Å²) in [4.78, 5) is 27.5. The van der Waals surface area contributed by atoms with Gasteiger partial charge < -0.3 is 14.8 Å². The summed E-state index contributed by atoms with van der Waals surface area (Å²) in [5.41, 5.74) is 5.47. The van der Waals surface area contributed by atoms with Gasteiger partial charge in [0.1, 0.15) is 0 Å². The molecule has 1 aliphatic rings. The van der Waals surface area contributed by atoms with Crippen molar-refractivity contribution in [2.75, 3.05) is 23.9 Å². The van der Waals surface area contributed by atoms with E-state index in [2.05, 4.69) is 5.32 Å². The van der Waals surface area contributed by atoms with Crippen LogP contribution in [0.4, 0.5) is 11.4 Å².